The molecule has 3 rings (SSSR count). The maximum absolute atomic E-state index is 12.7. The Labute approximate surface area is 179 Å². The molecule has 2 fully saturated rings. The van der Waals surface area contributed by atoms with Crippen LogP contribution in [0.3, 0.4) is 0 Å². The Morgan fingerprint density at radius 3 is 2.56 bits per heavy atom. The van der Waals surface area contributed by atoms with Gasteiger partial charge in [-0.05, 0) is 17.7 Å². The number of halogens is 2. The normalized spacial score (nSPS) is 25.0. The number of nitrogens with zero attached hydrogens (tertiary/aromatic N) is 1. The van der Waals surface area contributed by atoms with Crippen LogP contribution in [0.1, 0.15) is 24.9 Å². The van der Waals surface area contributed by atoms with Crippen molar-refractivity contribution in [3.63, 3.8) is 0 Å². The van der Waals surface area contributed by atoms with Gasteiger partial charge in [0.15, 0.2) is 0 Å². The van der Waals surface area contributed by atoms with Crippen LogP contribution in [0.15, 0.2) is 30.3 Å². The van der Waals surface area contributed by atoms with E-state index in [1.807, 2.05) is 49.0 Å². The van der Waals surface area contributed by atoms with Crippen LogP contribution in [-0.4, -0.2) is 60.7 Å². The number of rotatable bonds is 6. The highest BCUT2D eigenvalue weighted by Crippen LogP contribution is 2.33. The lowest BCUT2D eigenvalue weighted by molar-refractivity contribution is -0.126. The van der Waals surface area contributed by atoms with Gasteiger partial charge in [0.2, 0.25) is 5.91 Å². The van der Waals surface area contributed by atoms with E-state index < -0.39 is 0 Å². The molecular weight excluding hydrogens is 405 g/mol. The molecule has 2 saturated heterocycles. The fourth-order valence-electron chi connectivity index (χ4n) is 3.67. The standard InChI is InChI=1S/C19H29N3O2S.2ClH/c1-15(17(20)16-5-3-2-4-6-16)18(23)21-13-19(7-12-25-14-19)22-8-10-24-11-9-22;;/h2-6,15,17H,7-14,20H2,1H3,(H,21,23);2*1H. The van der Waals surface area contributed by atoms with E-state index in [-0.39, 0.29) is 48.2 Å². The summed E-state index contributed by atoms with van der Waals surface area (Å²) < 4.78 is 5.50. The topological polar surface area (TPSA) is 67.6 Å². The third-order valence-electron chi connectivity index (χ3n) is 5.49. The first kappa shape index (κ1) is 24.5. The van der Waals surface area contributed by atoms with Crippen LogP contribution >= 0.6 is 36.6 Å². The minimum Gasteiger partial charge on any atom is -0.379 e. The second-order valence-electron chi connectivity index (χ2n) is 7.07. The zero-order valence-electron chi connectivity index (χ0n) is 15.8. The van der Waals surface area contributed by atoms with Gasteiger partial charge in [-0.3, -0.25) is 9.69 Å². The summed E-state index contributed by atoms with van der Waals surface area (Å²) in [6, 6.07) is 9.57. The summed E-state index contributed by atoms with van der Waals surface area (Å²) >= 11 is 1.98. The highest BCUT2D eigenvalue weighted by atomic mass is 35.5. The Morgan fingerprint density at radius 2 is 1.96 bits per heavy atom. The second kappa shape index (κ2) is 11.5. The maximum atomic E-state index is 12.7. The Morgan fingerprint density at radius 1 is 1.30 bits per heavy atom. The number of amides is 1. The van der Waals surface area contributed by atoms with E-state index in [1.165, 1.54) is 0 Å². The van der Waals surface area contributed by atoms with Crippen molar-refractivity contribution in [1.29, 1.82) is 0 Å². The number of thioether (sulfide) groups is 1. The van der Waals surface area contributed by atoms with Gasteiger partial charge in [-0.15, -0.1) is 24.8 Å². The van der Waals surface area contributed by atoms with Crippen molar-refractivity contribution in [3.05, 3.63) is 35.9 Å². The summed E-state index contributed by atoms with van der Waals surface area (Å²) in [6.45, 7) is 6.10. The third kappa shape index (κ3) is 5.99. The van der Waals surface area contributed by atoms with Gasteiger partial charge in [-0.1, -0.05) is 37.3 Å². The van der Waals surface area contributed by atoms with Gasteiger partial charge in [-0.2, -0.15) is 11.8 Å². The molecule has 1 amide bonds. The van der Waals surface area contributed by atoms with Crippen LogP contribution in [-0.2, 0) is 9.53 Å². The van der Waals surface area contributed by atoms with Gasteiger partial charge in [0, 0.05) is 37.0 Å². The van der Waals surface area contributed by atoms with Crippen molar-refractivity contribution < 1.29 is 9.53 Å². The van der Waals surface area contributed by atoms with E-state index in [1.54, 1.807) is 0 Å². The number of carbonyl (C=O) groups is 1. The molecule has 2 heterocycles. The summed E-state index contributed by atoms with van der Waals surface area (Å²) in [6.07, 6.45) is 1.12. The van der Waals surface area contributed by atoms with Gasteiger partial charge in [0.05, 0.1) is 19.1 Å². The van der Waals surface area contributed by atoms with Crippen LogP contribution in [0.25, 0.3) is 0 Å². The molecule has 1 aromatic carbocycles. The lowest BCUT2D eigenvalue weighted by Gasteiger charge is -2.43. The van der Waals surface area contributed by atoms with E-state index in [2.05, 4.69) is 10.2 Å². The number of nitrogens with two attached hydrogens (primary N) is 1. The van der Waals surface area contributed by atoms with Crippen LogP contribution in [0.2, 0.25) is 0 Å². The molecule has 154 valence electrons. The largest absolute Gasteiger partial charge is 0.379 e. The molecule has 5 nitrogen and oxygen atoms in total. The molecule has 0 spiro atoms. The SMILES string of the molecule is CC(C(=O)NCC1(N2CCOCC2)CCSC1)C(N)c1ccccc1.Cl.Cl. The lowest BCUT2D eigenvalue weighted by Crippen LogP contribution is -2.59. The summed E-state index contributed by atoms with van der Waals surface area (Å²) in [4.78, 5) is 15.2. The van der Waals surface area contributed by atoms with Crippen molar-refractivity contribution in [2.24, 2.45) is 11.7 Å². The highest BCUT2D eigenvalue weighted by Gasteiger charge is 2.41. The molecule has 1 aromatic rings. The van der Waals surface area contributed by atoms with Crippen LogP contribution in [0.5, 0.6) is 0 Å². The fourth-order valence-corrected chi connectivity index (χ4v) is 5.15. The second-order valence-corrected chi connectivity index (χ2v) is 8.17. The Balaban J connectivity index is 0.00000182. The average molecular weight is 436 g/mol. The van der Waals surface area contributed by atoms with E-state index in [0.29, 0.717) is 6.54 Å². The molecule has 27 heavy (non-hydrogen) atoms. The predicted octanol–water partition coefficient (Wildman–Crippen LogP) is 2.49. The Bertz CT molecular complexity index is 567. The van der Waals surface area contributed by atoms with Crippen molar-refractivity contribution in [1.82, 2.24) is 10.2 Å². The molecule has 2 aliphatic heterocycles. The summed E-state index contributed by atoms with van der Waals surface area (Å²) in [7, 11) is 0. The number of morpholine rings is 1. The zero-order chi connectivity index (χ0) is 17.7. The van der Waals surface area contributed by atoms with E-state index in [0.717, 1.165) is 49.8 Å². The number of nitrogens with one attached hydrogen (secondary N) is 1. The van der Waals surface area contributed by atoms with Gasteiger partial charge in [0.25, 0.3) is 0 Å². The first-order chi connectivity index (χ1) is 12.1. The van der Waals surface area contributed by atoms with Crippen molar-refractivity contribution in [2.75, 3.05) is 44.4 Å². The van der Waals surface area contributed by atoms with Gasteiger partial charge in [0.1, 0.15) is 0 Å². The Kier molecular flexibility index (Phi) is 10.4. The lowest BCUT2D eigenvalue weighted by atomic mass is 9.92. The number of carbonyl (C=O) groups excluding carboxylic acids is 1. The number of hydrogen-bond acceptors (Lipinski definition) is 5. The van der Waals surface area contributed by atoms with E-state index in [4.69, 9.17) is 10.5 Å². The van der Waals surface area contributed by atoms with E-state index >= 15 is 0 Å². The number of ether oxygens (including phenoxy) is 1. The van der Waals surface area contributed by atoms with Gasteiger partial charge in [-0.25, -0.2) is 0 Å². The van der Waals surface area contributed by atoms with Gasteiger partial charge >= 0.3 is 0 Å². The molecule has 8 heteroatoms. The molecule has 3 atom stereocenters. The summed E-state index contributed by atoms with van der Waals surface area (Å²) in [5.74, 6) is 2.03. The first-order valence-electron chi connectivity index (χ1n) is 9.11. The molecule has 0 radical (unpaired) electrons. The molecular formula is C19H31Cl2N3O2S. The molecule has 0 aromatic heterocycles. The minimum atomic E-state index is -0.279. The quantitative estimate of drug-likeness (QED) is 0.717. The Hall–Kier alpha value is -0.500. The number of hydrogen-bond donors (Lipinski definition) is 2. The third-order valence-corrected chi connectivity index (χ3v) is 6.73. The maximum Gasteiger partial charge on any atom is 0.224 e. The van der Waals surface area contributed by atoms with Crippen molar-refractivity contribution in [3.8, 4) is 0 Å². The zero-order valence-corrected chi connectivity index (χ0v) is 18.2. The van der Waals surface area contributed by atoms with E-state index in [9.17, 15) is 4.79 Å². The highest BCUT2D eigenvalue weighted by molar-refractivity contribution is 7.99. The van der Waals surface area contributed by atoms with Crippen LogP contribution in [0.4, 0.5) is 0 Å². The van der Waals surface area contributed by atoms with Crippen LogP contribution < -0.4 is 11.1 Å². The molecule has 0 bridgehead atoms. The van der Waals surface area contributed by atoms with Crippen molar-refractivity contribution >= 4 is 42.5 Å². The average Bonchev–Trinajstić information content (AvgIpc) is 3.16. The van der Waals surface area contributed by atoms with Crippen molar-refractivity contribution in [2.45, 2.75) is 24.9 Å². The summed E-state index contributed by atoms with van der Waals surface area (Å²) in [5, 5.41) is 3.20. The predicted molar refractivity (Wildman–Crippen MR) is 117 cm³/mol. The smallest absolute Gasteiger partial charge is 0.224 e. The molecule has 2 aliphatic rings. The van der Waals surface area contributed by atoms with Crippen LogP contribution in [0, 0.1) is 5.92 Å². The molecule has 0 saturated carbocycles. The first-order valence-corrected chi connectivity index (χ1v) is 10.3. The fraction of sp³-hybridized carbons (Fsp3) is 0.632. The summed E-state index contributed by atoms with van der Waals surface area (Å²) in [5.41, 5.74) is 7.38. The van der Waals surface area contributed by atoms with Gasteiger partial charge < -0.3 is 15.8 Å². The molecule has 3 N–H and O–H groups in total. The monoisotopic (exact) mass is 435 g/mol. The minimum absolute atomic E-state index is 0. The molecule has 0 aliphatic carbocycles. The number of benzene rings is 1. The molecule has 3 unspecified atom stereocenters.